The average Bonchev–Trinajstić information content (AvgIpc) is 2.73. The molecule has 1 aromatic rings. The molecule has 88 valence electrons. The second kappa shape index (κ2) is 5.01. The van der Waals surface area contributed by atoms with E-state index in [-0.39, 0.29) is 11.8 Å². The molecule has 1 fully saturated rings. The van der Waals surface area contributed by atoms with Crippen molar-refractivity contribution in [1.82, 2.24) is 15.5 Å². The maximum atomic E-state index is 11.8. The van der Waals surface area contributed by atoms with E-state index in [9.17, 15) is 4.79 Å². The Hall–Kier alpha value is -1.52. The Kier molecular flexibility index (Phi) is 3.44. The number of carbonyl (C=O) groups is 1. The zero-order valence-electron chi connectivity index (χ0n) is 9.33. The Bertz CT molecular complexity index is 355. The second-order valence-corrected chi connectivity index (χ2v) is 4.36. The zero-order valence-corrected chi connectivity index (χ0v) is 9.33. The van der Waals surface area contributed by atoms with Gasteiger partial charge in [0, 0.05) is 18.0 Å². The summed E-state index contributed by atoms with van der Waals surface area (Å²) < 4.78 is 0. The van der Waals surface area contributed by atoms with Crippen molar-refractivity contribution in [3.63, 3.8) is 0 Å². The van der Waals surface area contributed by atoms with Gasteiger partial charge in [0.05, 0.1) is 6.20 Å². The van der Waals surface area contributed by atoms with E-state index in [0.29, 0.717) is 12.4 Å². The van der Waals surface area contributed by atoms with Crippen molar-refractivity contribution in [2.45, 2.75) is 38.6 Å². The molecular formula is C11H18N4O. The van der Waals surface area contributed by atoms with E-state index in [4.69, 9.17) is 5.73 Å². The van der Waals surface area contributed by atoms with E-state index in [0.717, 1.165) is 18.4 Å². The molecule has 1 aromatic heterocycles. The number of nitrogen functional groups attached to an aromatic ring is 1. The van der Waals surface area contributed by atoms with Gasteiger partial charge in [0.15, 0.2) is 0 Å². The summed E-state index contributed by atoms with van der Waals surface area (Å²) in [5.41, 5.74) is 6.49. The highest BCUT2D eigenvalue weighted by Crippen LogP contribution is 2.23. The molecule has 0 spiro atoms. The van der Waals surface area contributed by atoms with Crippen LogP contribution in [0.25, 0.3) is 0 Å². The van der Waals surface area contributed by atoms with E-state index in [1.54, 1.807) is 6.20 Å². The minimum absolute atomic E-state index is 0.153. The Morgan fingerprint density at radius 3 is 2.88 bits per heavy atom. The molecule has 0 aromatic carbocycles. The summed E-state index contributed by atoms with van der Waals surface area (Å²) in [7, 11) is 0. The molecule has 4 N–H and O–H groups in total. The third-order valence-electron chi connectivity index (χ3n) is 3.18. The van der Waals surface area contributed by atoms with Crippen molar-refractivity contribution >= 4 is 11.7 Å². The maximum Gasteiger partial charge on any atom is 0.223 e. The van der Waals surface area contributed by atoms with E-state index < -0.39 is 0 Å². The van der Waals surface area contributed by atoms with E-state index in [2.05, 4.69) is 15.5 Å². The van der Waals surface area contributed by atoms with E-state index in [1.165, 1.54) is 19.3 Å². The van der Waals surface area contributed by atoms with Crippen LogP contribution in [0.5, 0.6) is 0 Å². The molecule has 1 aliphatic rings. The summed E-state index contributed by atoms with van der Waals surface area (Å²) in [6, 6.07) is 0. The third kappa shape index (κ3) is 2.53. The molecular weight excluding hydrogens is 204 g/mol. The number of aromatic amines is 1. The van der Waals surface area contributed by atoms with Gasteiger partial charge >= 0.3 is 0 Å². The summed E-state index contributed by atoms with van der Waals surface area (Å²) in [6.07, 6.45) is 7.30. The number of aromatic nitrogens is 2. The molecule has 16 heavy (non-hydrogen) atoms. The van der Waals surface area contributed by atoms with Crippen molar-refractivity contribution in [2.24, 2.45) is 5.92 Å². The van der Waals surface area contributed by atoms with E-state index in [1.807, 2.05) is 0 Å². The Morgan fingerprint density at radius 1 is 1.50 bits per heavy atom. The summed E-state index contributed by atoms with van der Waals surface area (Å²) >= 11 is 0. The van der Waals surface area contributed by atoms with Gasteiger partial charge in [-0.25, -0.2) is 0 Å². The normalized spacial score (nSPS) is 17.2. The fourth-order valence-corrected chi connectivity index (χ4v) is 2.15. The molecule has 0 unspecified atom stereocenters. The molecule has 5 heteroatoms. The number of hydrogen-bond acceptors (Lipinski definition) is 3. The van der Waals surface area contributed by atoms with Crippen molar-refractivity contribution in [3.05, 3.63) is 11.8 Å². The van der Waals surface area contributed by atoms with Crippen molar-refractivity contribution < 1.29 is 4.79 Å². The maximum absolute atomic E-state index is 11.8. The first kappa shape index (κ1) is 11.0. The Labute approximate surface area is 94.8 Å². The van der Waals surface area contributed by atoms with Crippen LogP contribution in [0.3, 0.4) is 0 Å². The average molecular weight is 222 g/mol. The van der Waals surface area contributed by atoms with Gasteiger partial charge in [-0.1, -0.05) is 19.3 Å². The van der Waals surface area contributed by atoms with Crippen LogP contribution >= 0.6 is 0 Å². The highest BCUT2D eigenvalue weighted by molar-refractivity contribution is 5.78. The lowest BCUT2D eigenvalue weighted by Gasteiger charge is -2.20. The van der Waals surface area contributed by atoms with Crippen molar-refractivity contribution in [3.8, 4) is 0 Å². The van der Waals surface area contributed by atoms with Gasteiger partial charge in [-0.3, -0.25) is 9.89 Å². The number of amides is 1. The Balaban J connectivity index is 1.81. The monoisotopic (exact) mass is 222 g/mol. The molecule has 1 aliphatic carbocycles. The Morgan fingerprint density at radius 2 is 2.25 bits per heavy atom. The minimum atomic E-state index is 0.153. The number of anilines is 1. The van der Waals surface area contributed by atoms with Crippen LogP contribution < -0.4 is 11.1 Å². The van der Waals surface area contributed by atoms with Gasteiger partial charge < -0.3 is 11.1 Å². The summed E-state index contributed by atoms with van der Waals surface area (Å²) in [4.78, 5) is 11.8. The predicted molar refractivity (Wildman–Crippen MR) is 61.4 cm³/mol. The molecule has 1 heterocycles. The molecule has 1 saturated carbocycles. The SMILES string of the molecule is Nc1[nH]ncc1CNC(=O)C1CCCCC1. The first-order chi connectivity index (χ1) is 7.77. The number of carbonyl (C=O) groups excluding carboxylic acids is 1. The highest BCUT2D eigenvalue weighted by atomic mass is 16.1. The number of nitrogens with two attached hydrogens (primary N) is 1. The molecule has 0 saturated heterocycles. The molecule has 5 nitrogen and oxygen atoms in total. The lowest BCUT2D eigenvalue weighted by Crippen LogP contribution is -2.31. The molecule has 0 atom stereocenters. The smallest absolute Gasteiger partial charge is 0.223 e. The third-order valence-corrected chi connectivity index (χ3v) is 3.18. The quantitative estimate of drug-likeness (QED) is 0.718. The van der Waals surface area contributed by atoms with Crippen molar-refractivity contribution in [1.29, 1.82) is 0 Å². The molecule has 0 bridgehead atoms. The lowest BCUT2D eigenvalue weighted by atomic mass is 9.88. The topological polar surface area (TPSA) is 83.8 Å². The van der Waals surface area contributed by atoms with Gasteiger partial charge in [-0.15, -0.1) is 0 Å². The summed E-state index contributed by atoms with van der Waals surface area (Å²) in [6.45, 7) is 0.470. The number of rotatable bonds is 3. The van der Waals surface area contributed by atoms with Crippen LogP contribution in [0.4, 0.5) is 5.82 Å². The van der Waals surface area contributed by atoms with Gasteiger partial charge in [0.2, 0.25) is 5.91 Å². The number of nitrogens with one attached hydrogen (secondary N) is 2. The molecule has 1 amide bonds. The first-order valence-electron chi connectivity index (χ1n) is 5.83. The highest BCUT2D eigenvalue weighted by Gasteiger charge is 2.20. The fraction of sp³-hybridized carbons (Fsp3) is 0.636. The van der Waals surface area contributed by atoms with Crippen LogP contribution in [0.1, 0.15) is 37.7 Å². The number of nitrogens with zero attached hydrogens (tertiary/aromatic N) is 1. The van der Waals surface area contributed by atoms with Crippen LogP contribution in [0, 0.1) is 5.92 Å². The first-order valence-corrected chi connectivity index (χ1v) is 5.83. The standard InChI is InChI=1S/C11H18N4O/c12-10-9(7-14-15-10)6-13-11(16)8-4-2-1-3-5-8/h7-8H,1-6H2,(H,13,16)(H3,12,14,15). The van der Waals surface area contributed by atoms with Crippen molar-refractivity contribution in [2.75, 3.05) is 5.73 Å². The predicted octanol–water partition coefficient (Wildman–Crippen LogP) is 1.19. The summed E-state index contributed by atoms with van der Waals surface area (Å²) in [5.74, 6) is 0.881. The van der Waals surface area contributed by atoms with Gasteiger partial charge in [-0.05, 0) is 12.8 Å². The minimum Gasteiger partial charge on any atom is -0.384 e. The number of hydrogen-bond donors (Lipinski definition) is 3. The van der Waals surface area contributed by atoms with Crippen LogP contribution in [-0.4, -0.2) is 16.1 Å². The summed E-state index contributed by atoms with van der Waals surface area (Å²) in [5, 5.41) is 9.38. The van der Waals surface area contributed by atoms with Gasteiger partial charge in [0.1, 0.15) is 5.82 Å². The molecule has 2 rings (SSSR count). The number of H-pyrrole nitrogens is 1. The van der Waals surface area contributed by atoms with Gasteiger partial charge in [0.25, 0.3) is 0 Å². The molecule has 0 aliphatic heterocycles. The lowest BCUT2D eigenvalue weighted by molar-refractivity contribution is -0.126. The zero-order chi connectivity index (χ0) is 11.4. The largest absolute Gasteiger partial charge is 0.384 e. The van der Waals surface area contributed by atoms with Crippen LogP contribution in [-0.2, 0) is 11.3 Å². The molecule has 0 radical (unpaired) electrons. The van der Waals surface area contributed by atoms with Gasteiger partial charge in [-0.2, -0.15) is 5.10 Å². The van der Waals surface area contributed by atoms with E-state index >= 15 is 0 Å². The second-order valence-electron chi connectivity index (χ2n) is 4.36. The van der Waals surface area contributed by atoms with Crippen LogP contribution in [0.15, 0.2) is 6.20 Å². The van der Waals surface area contributed by atoms with Crippen LogP contribution in [0.2, 0.25) is 0 Å². The fourth-order valence-electron chi connectivity index (χ4n) is 2.15.